The fraction of sp³-hybridized carbons (Fsp3) is 0.269. The van der Waals surface area contributed by atoms with Crippen molar-refractivity contribution in [2.75, 3.05) is 38.1 Å². The molecule has 0 N–H and O–H groups in total. The average molecular weight is 426 g/mol. The Hall–Kier alpha value is -3.38. The fourth-order valence-electron chi connectivity index (χ4n) is 4.73. The molecular formula is C26H24FN5. The van der Waals surface area contributed by atoms with Crippen LogP contribution in [0.2, 0.25) is 0 Å². The molecule has 1 aromatic heterocycles. The topological polar surface area (TPSA) is 44.1 Å². The Balaban J connectivity index is 1.21. The van der Waals surface area contributed by atoms with Gasteiger partial charge in [-0.05, 0) is 66.2 Å². The summed E-state index contributed by atoms with van der Waals surface area (Å²) >= 11 is 0. The summed E-state index contributed by atoms with van der Waals surface area (Å²) in [6, 6.07) is 15.9. The van der Waals surface area contributed by atoms with Crippen LogP contribution in [0, 0.1) is 5.82 Å². The van der Waals surface area contributed by atoms with E-state index in [9.17, 15) is 4.39 Å². The molecule has 5 nitrogen and oxygen atoms in total. The molecule has 0 saturated carbocycles. The molecule has 0 atom stereocenters. The zero-order chi connectivity index (χ0) is 21.7. The minimum absolute atomic E-state index is 0.328. The van der Waals surface area contributed by atoms with Crippen LogP contribution in [0.4, 0.5) is 21.5 Å². The van der Waals surface area contributed by atoms with Gasteiger partial charge in [0.15, 0.2) is 5.82 Å². The molecule has 0 bridgehead atoms. The minimum Gasteiger partial charge on any atom is -0.369 e. The summed E-state index contributed by atoms with van der Waals surface area (Å²) in [5, 5.41) is 0. The van der Waals surface area contributed by atoms with Crippen molar-refractivity contribution in [3.8, 4) is 0 Å². The molecule has 1 fully saturated rings. The van der Waals surface area contributed by atoms with E-state index in [2.05, 4.69) is 57.2 Å². The van der Waals surface area contributed by atoms with Crippen LogP contribution in [0.1, 0.15) is 22.4 Å². The van der Waals surface area contributed by atoms with Crippen molar-refractivity contribution in [3.05, 3.63) is 82.9 Å². The number of aliphatic imine (C=N–C) groups is 2. The number of piperazine rings is 1. The summed E-state index contributed by atoms with van der Waals surface area (Å²) in [4.78, 5) is 18.6. The largest absolute Gasteiger partial charge is 0.369 e. The smallest absolute Gasteiger partial charge is 0.150 e. The molecule has 32 heavy (non-hydrogen) atoms. The van der Waals surface area contributed by atoms with E-state index in [0.29, 0.717) is 17.8 Å². The highest BCUT2D eigenvalue weighted by Gasteiger charge is 2.23. The number of rotatable bonds is 3. The van der Waals surface area contributed by atoms with Gasteiger partial charge >= 0.3 is 0 Å². The number of pyridine rings is 1. The lowest BCUT2D eigenvalue weighted by Crippen LogP contribution is -2.44. The minimum atomic E-state index is -0.328. The first-order valence-electron chi connectivity index (χ1n) is 11.1. The molecule has 1 saturated heterocycles. The van der Waals surface area contributed by atoms with Gasteiger partial charge in [-0.3, -0.25) is 15.0 Å². The van der Waals surface area contributed by atoms with Crippen LogP contribution in [0.5, 0.6) is 0 Å². The molecule has 3 aliphatic heterocycles. The molecule has 0 unspecified atom stereocenters. The van der Waals surface area contributed by atoms with Crippen molar-refractivity contribution in [1.29, 1.82) is 0 Å². The summed E-state index contributed by atoms with van der Waals surface area (Å²) in [7, 11) is 2.18. The van der Waals surface area contributed by atoms with Crippen molar-refractivity contribution in [2.24, 2.45) is 9.98 Å². The maximum atomic E-state index is 14.2. The first-order valence-corrected chi connectivity index (χ1v) is 11.1. The van der Waals surface area contributed by atoms with Gasteiger partial charge in [0.2, 0.25) is 0 Å². The number of halogens is 1. The Morgan fingerprint density at radius 1 is 0.812 bits per heavy atom. The molecule has 3 aliphatic rings. The summed E-state index contributed by atoms with van der Waals surface area (Å²) in [5.41, 5.74) is 8.83. The second-order valence-corrected chi connectivity index (χ2v) is 8.75. The molecule has 0 spiro atoms. The summed E-state index contributed by atoms with van der Waals surface area (Å²) in [6.45, 7) is 4.32. The van der Waals surface area contributed by atoms with Crippen LogP contribution in [-0.4, -0.2) is 54.5 Å². The molecule has 0 amide bonds. The Labute approximate surface area is 187 Å². The number of fused-ring (bicyclic) bond motifs is 2. The van der Waals surface area contributed by atoms with Gasteiger partial charge in [-0.15, -0.1) is 0 Å². The monoisotopic (exact) mass is 425 g/mol. The second-order valence-electron chi connectivity index (χ2n) is 8.75. The molecule has 160 valence electrons. The van der Waals surface area contributed by atoms with Gasteiger partial charge in [0.25, 0.3) is 0 Å². The number of aromatic nitrogens is 1. The lowest BCUT2D eigenvalue weighted by atomic mass is 9.99. The fourth-order valence-corrected chi connectivity index (χ4v) is 4.73. The third-order valence-electron chi connectivity index (χ3n) is 6.60. The van der Waals surface area contributed by atoms with Gasteiger partial charge in [-0.1, -0.05) is 6.07 Å². The van der Waals surface area contributed by atoms with Crippen LogP contribution in [-0.2, 0) is 12.8 Å². The van der Waals surface area contributed by atoms with Crippen LogP contribution < -0.4 is 4.90 Å². The van der Waals surface area contributed by atoms with Gasteiger partial charge < -0.3 is 9.80 Å². The van der Waals surface area contributed by atoms with Crippen molar-refractivity contribution in [2.45, 2.75) is 12.8 Å². The Kier molecular flexibility index (Phi) is 4.61. The summed E-state index contributed by atoms with van der Waals surface area (Å²) < 4.78 is 14.2. The van der Waals surface area contributed by atoms with Crippen molar-refractivity contribution < 1.29 is 4.39 Å². The average Bonchev–Trinajstić information content (AvgIpc) is 3.43. The molecular weight excluding hydrogens is 401 g/mol. The molecule has 6 rings (SSSR count). The van der Waals surface area contributed by atoms with Crippen molar-refractivity contribution in [3.63, 3.8) is 0 Å². The number of likely N-dealkylation sites (N-methyl/N-ethyl adjacent to an activating group) is 1. The first-order chi connectivity index (χ1) is 15.6. The van der Waals surface area contributed by atoms with E-state index >= 15 is 0 Å². The third-order valence-corrected chi connectivity index (χ3v) is 6.60. The van der Waals surface area contributed by atoms with Crippen LogP contribution >= 0.6 is 0 Å². The Morgan fingerprint density at radius 3 is 2.34 bits per heavy atom. The van der Waals surface area contributed by atoms with E-state index in [0.717, 1.165) is 60.8 Å². The second kappa shape index (κ2) is 7.64. The third kappa shape index (κ3) is 3.41. The molecule has 0 aliphatic carbocycles. The normalized spacial score (nSPS) is 17.8. The Morgan fingerprint density at radius 2 is 1.53 bits per heavy atom. The van der Waals surface area contributed by atoms with E-state index in [1.807, 2.05) is 6.07 Å². The highest BCUT2D eigenvalue weighted by molar-refractivity contribution is 6.09. The van der Waals surface area contributed by atoms with Crippen LogP contribution in [0.15, 0.2) is 64.7 Å². The van der Waals surface area contributed by atoms with Crippen LogP contribution in [0.3, 0.4) is 0 Å². The zero-order valence-corrected chi connectivity index (χ0v) is 18.1. The number of anilines is 1. The van der Waals surface area contributed by atoms with Crippen LogP contribution in [0.25, 0.3) is 0 Å². The standard InChI is InChI=1S/C26H24FN5/c1-31-9-11-32(12-10-31)20-5-7-23-19(14-20)15-24(29-23)17-4-6-22-18(13-17)16-25(30-22)26-21(27)3-2-8-28-26/h2-8,13-14H,9-12,15-16H2,1H3. The SMILES string of the molecule is CN1CCN(c2ccc3c(c2)CC(c2ccc4c(c2)CC(c2ncccc2F)=N4)=N3)CC1. The number of benzene rings is 2. The molecule has 6 heteroatoms. The lowest BCUT2D eigenvalue weighted by molar-refractivity contribution is 0.313. The van der Waals surface area contributed by atoms with E-state index < -0.39 is 0 Å². The summed E-state index contributed by atoms with van der Waals surface area (Å²) in [6.07, 6.45) is 3.03. The van der Waals surface area contributed by atoms with Gasteiger partial charge in [0.05, 0.1) is 22.8 Å². The van der Waals surface area contributed by atoms with E-state index in [4.69, 9.17) is 4.99 Å². The summed E-state index contributed by atoms with van der Waals surface area (Å²) in [5.74, 6) is -0.328. The number of nitrogens with zero attached hydrogens (tertiary/aromatic N) is 5. The first kappa shape index (κ1) is 19.3. The lowest BCUT2D eigenvalue weighted by Gasteiger charge is -2.34. The molecule has 2 aromatic carbocycles. The maximum Gasteiger partial charge on any atom is 0.150 e. The van der Waals surface area contributed by atoms with E-state index in [-0.39, 0.29) is 5.82 Å². The highest BCUT2D eigenvalue weighted by Crippen LogP contribution is 2.35. The molecule has 3 aromatic rings. The van der Waals surface area contributed by atoms with E-state index in [1.54, 1.807) is 12.3 Å². The highest BCUT2D eigenvalue weighted by atomic mass is 19.1. The maximum absolute atomic E-state index is 14.2. The predicted molar refractivity (Wildman–Crippen MR) is 127 cm³/mol. The van der Waals surface area contributed by atoms with Gasteiger partial charge in [-0.2, -0.15) is 0 Å². The van der Waals surface area contributed by atoms with Gasteiger partial charge in [0.1, 0.15) is 5.69 Å². The number of hydrogen-bond donors (Lipinski definition) is 0. The predicted octanol–water partition coefficient (Wildman–Crippen LogP) is 4.33. The molecule has 0 radical (unpaired) electrons. The quantitative estimate of drug-likeness (QED) is 0.628. The van der Waals surface area contributed by atoms with Gasteiger partial charge in [0, 0.05) is 50.9 Å². The van der Waals surface area contributed by atoms with Crippen molar-refractivity contribution in [1.82, 2.24) is 9.88 Å². The number of hydrogen-bond acceptors (Lipinski definition) is 5. The van der Waals surface area contributed by atoms with E-state index in [1.165, 1.54) is 17.3 Å². The van der Waals surface area contributed by atoms with Gasteiger partial charge in [-0.25, -0.2) is 4.39 Å². The zero-order valence-electron chi connectivity index (χ0n) is 18.1. The Bertz CT molecular complexity index is 1270. The molecule has 4 heterocycles. The van der Waals surface area contributed by atoms with Crippen molar-refractivity contribution >= 4 is 28.5 Å².